The number of amides is 2. The normalized spacial score (nSPS) is 34.3. The van der Waals surface area contributed by atoms with E-state index in [1.54, 1.807) is 0 Å². The van der Waals surface area contributed by atoms with Gasteiger partial charge in [-0.2, -0.15) is 0 Å². The third-order valence-corrected chi connectivity index (χ3v) is 7.23. The first kappa shape index (κ1) is 22.0. The van der Waals surface area contributed by atoms with Crippen LogP contribution in [0.2, 0.25) is 0 Å². The van der Waals surface area contributed by atoms with Crippen LogP contribution in [0.3, 0.4) is 0 Å². The Labute approximate surface area is 179 Å². The Balaban J connectivity index is 1.38. The first-order valence-corrected chi connectivity index (χ1v) is 11.7. The van der Waals surface area contributed by atoms with Gasteiger partial charge in [0.25, 0.3) is 0 Å². The van der Waals surface area contributed by atoms with Crippen LogP contribution >= 0.6 is 0 Å². The molecule has 0 spiro atoms. The summed E-state index contributed by atoms with van der Waals surface area (Å²) in [6.07, 6.45) is 5.03. The lowest BCUT2D eigenvalue weighted by molar-refractivity contribution is -0.173. The van der Waals surface area contributed by atoms with Crippen molar-refractivity contribution in [1.29, 1.82) is 0 Å². The van der Waals surface area contributed by atoms with Crippen LogP contribution in [0.4, 0.5) is 0 Å². The Kier molecular flexibility index (Phi) is 7.28. The summed E-state index contributed by atoms with van der Waals surface area (Å²) >= 11 is 0. The van der Waals surface area contributed by atoms with Crippen LogP contribution < -0.4 is 0 Å². The number of hydrogen-bond donors (Lipinski definition) is 1. The molecule has 0 bridgehead atoms. The number of hydrogen-bond acceptors (Lipinski definition) is 6. The van der Waals surface area contributed by atoms with Crippen LogP contribution in [0.25, 0.3) is 0 Å². The molecule has 0 unspecified atom stereocenters. The standard InChI is InChI=1S/C22H37N3O5/c1-23-8-10-24(11-9-23)21(27)12-18-6-7-19-20(30-18)15-29-14-17(26)13-25(19)22(28)16-4-2-3-5-16/h16-20,26H,2-15H2,1H3/t17-,18-,19-,20+/m0/s1. The van der Waals surface area contributed by atoms with E-state index < -0.39 is 6.10 Å². The Morgan fingerprint density at radius 2 is 1.73 bits per heavy atom. The number of piperazine rings is 1. The lowest BCUT2D eigenvalue weighted by Gasteiger charge is -2.45. The van der Waals surface area contributed by atoms with Gasteiger partial charge in [-0.1, -0.05) is 12.8 Å². The maximum atomic E-state index is 13.2. The molecule has 4 rings (SSSR count). The fraction of sp³-hybridized carbons (Fsp3) is 0.909. The Morgan fingerprint density at radius 3 is 2.47 bits per heavy atom. The highest BCUT2D eigenvalue weighted by Gasteiger charge is 2.42. The van der Waals surface area contributed by atoms with Crippen molar-refractivity contribution in [3.8, 4) is 0 Å². The highest BCUT2D eigenvalue weighted by atomic mass is 16.5. The number of β-amino-alcohol motifs (C(OH)–C–C–N with tert-alkyl or cyclic N) is 1. The molecule has 3 saturated heterocycles. The Morgan fingerprint density at radius 1 is 1.00 bits per heavy atom. The second-order valence-electron chi connectivity index (χ2n) is 9.49. The molecule has 4 fully saturated rings. The molecule has 1 aliphatic carbocycles. The highest BCUT2D eigenvalue weighted by molar-refractivity contribution is 5.79. The molecule has 1 saturated carbocycles. The van der Waals surface area contributed by atoms with E-state index in [1.807, 2.05) is 9.80 Å². The minimum Gasteiger partial charge on any atom is -0.389 e. The first-order chi connectivity index (χ1) is 14.5. The number of nitrogens with zero attached hydrogens (tertiary/aromatic N) is 3. The summed E-state index contributed by atoms with van der Waals surface area (Å²) in [5, 5.41) is 10.3. The van der Waals surface area contributed by atoms with Gasteiger partial charge in [0.2, 0.25) is 11.8 Å². The second kappa shape index (κ2) is 9.94. The number of rotatable bonds is 3. The minimum absolute atomic E-state index is 0.0785. The topological polar surface area (TPSA) is 82.6 Å². The smallest absolute Gasteiger partial charge is 0.226 e. The van der Waals surface area contributed by atoms with Crippen molar-refractivity contribution in [2.75, 3.05) is 53.0 Å². The molecule has 170 valence electrons. The molecule has 4 aliphatic rings. The summed E-state index contributed by atoms with van der Waals surface area (Å²) < 4.78 is 12.0. The van der Waals surface area contributed by atoms with Gasteiger partial charge >= 0.3 is 0 Å². The first-order valence-electron chi connectivity index (χ1n) is 11.7. The number of aliphatic hydroxyl groups excluding tert-OH is 1. The monoisotopic (exact) mass is 423 g/mol. The third-order valence-electron chi connectivity index (χ3n) is 7.23. The SMILES string of the molecule is CN1CCN(C(=O)C[C@@H]2CC[C@H]3[C@@H](COC[C@@H](O)CN3C(=O)C3CCCC3)O2)CC1. The van der Waals surface area contributed by atoms with Gasteiger partial charge in [0.15, 0.2) is 0 Å². The van der Waals surface area contributed by atoms with Crippen LogP contribution in [-0.2, 0) is 19.1 Å². The summed E-state index contributed by atoms with van der Waals surface area (Å²) in [6.45, 7) is 4.26. The molecule has 8 heteroatoms. The quantitative estimate of drug-likeness (QED) is 0.711. The zero-order chi connectivity index (χ0) is 21.1. The summed E-state index contributed by atoms with van der Waals surface area (Å²) in [5.74, 6) is 0.404. The van der Waals surface area contributed by atoms with Gasteiger partial charge in [0.05, 0.1) is 37.9 Å². The van der Waals surface area contributed by atoms with E-state index >= 15 is 0 Å². The fourth-order valence-corrected chi connectivity index (χ4v) is 5.38. The maximum Gasteiger partial charge on any atom is 0.226 e. The van der Waals surface area contributed by atoms with Gasteiger partial charge in [-0.3, -0.25) is 9.59 Å². The van der Waals surface area contributed by atoms with Crippen molar-refractivity contribution in [2.24, 2.45) is 5.92 Å². The van der Waals surface area contributed by atoms with Crippen LogP contribution in [0, 0.1) is 5.92 Å². The van der Waals surface area contributed by atoms with E-state index in [1.165, 1.54) is 0 Å². The molecule has 0 aromatic carbocycles. The number of aliphatic hydroxyl groups is 1. The van der Waals surface area contributed by atoms with Gasteiger partial charge in [-0.05, 0) is 32.7 Å². The molecule has 1 N–H and O–H groups in total. The highest BCUT2D eigenvalue weighted by Crippen LogP contribution is 2.32. The minimum atomic E-state index is -0.659. The van der Waals surface area contributed by atoms with Crippen LogP contribution in [-0.4, -0.2) is 109 Å². The number of ether oxygens (including phenoxy) is 2. The average Bonchev–Trinajstić information content (AvgIpc) is 3.26. The van der Waals surface area contributed by atoms with Crippen molar-refractivity contribution in [3.05, 3.63) is 0 Å². The van der Waals surface area contributed by atoms with Crippen LogP contribution in [0.5, 0.6) is 0 Å². The van der Waals surface area contributed by atoms with E-state index in [9.17, 15) is 14.7 Å². The van der Waals surface area contributed by atoms with Crippen LogP contribution in [0.15, 0.2) is 0 Å². The lowest BCUT2D eigenvalue weighted by atomic mass is 9.93. The zero-order valence-electron chi connectivity index (χ0n) is 18.2. The van der Waals surface area contributed by atoms with Crippen molar-refractivity contribution in [2.45, 2.75) is 69.3 Å². The number of carbonyl (C=O) groups excluding carboxylic acids is 2. The van der Waals surface area contributed by atoms with Gasteiger partial charge in [-0.25, -0.2) is 0 Å². The molecule has 2 amide bonds. The fourth-order valence-electron chi connectivity index (χ4n) is 5.38. The van der Waals surface area contributed by atoms with E-state index in [4.69, 9.17) is 9.47 Å². The predicted octanol–water partition coefficient (Wildman–Crippen LogP) is 0.477. The number of fused-ring (bicyclic) bond motifs is 1. The van der Waals surface area contributed by atoms with Gasteiger partial charge in [0.1, 0.15) is 6.10 Å². The summed E-state index contributed by atoms with van der Waals surface area (Å²) in [7, 11) is 2.08. The van der Waals surface area contributed by atoms with E-state index in [-0.39, 0.29) is 42.6 Å². The summed E-state index contributed by atoms with van der Waals surface area (Å²) in [6, 6.07) is -0.0805. The average molecular weight is 424 g/mol. The van der Waals surface area contributed by atoms with Crippen LogP contribution in [0.1, 0.15) is 44.9 Å². The second-order valence-corrected chi connectivity index (χ2v) is 9.49. The van der Waals surface area contributed by atoms with E-state index in [0.717, 1.165) is 64.7 Å². The molecule has 4 atom stereocenters. The van der Waals surface area contributed by atoms with Crippen molar-refractivity contribution in [3.63, 3.8) is 0 Å². The molecule has 8 nitrogen and oxygen atoms in total. The van der Waals surface area contributed by atoms with Gasteiger partial charge in [-0.15, -0.1) is 0 Å². The molecular formula is C22H37N3O5. The molecule has 30 heavy (non-hydrogen) atoms. The molecular weight excluding hydrogens is 386 g/mol. The van der Waals surface area contributed by atoms with E-state index in [2.05, 4.69) is 11.9 Å². The molecule has 3 aliphatic heterocycles. The Bertz CT molecular complexity index is 604. The van der Waals surface area contributed by atoms with Crippen molar-refractivity contribution in [1.82, 2.24) is 14.7 Å². The number of carbonyl (C=O) groups is 2. The van der Waals surface area contributed by atoms with Gasteiger partial charge in [0, 0.05) is 38.6 Å². The Hall–Kier alpha value is -1.22. The number of likely N-dealkylation sites (N-methyl/N-ethyl adjacent to an activating group) is 1. The van der Waals surface area contributed by atoms with Crippen molar-refractivity contribution < 1.29 is 24.2 Å². The molecule has 3 heterocycles. The van der Waals surface area contributed by atoms with Gasteiger partial charge < -0.3 is 29.3 Å². The molecule has 0 aromatic rings. The molecule has 0 radical (unpaired) electrons. The maximum absolute atomic E-state index is 13.2. The summed E-state index contributed by atoms with van der Waals surface area (Å²) in [4.78, 5) is 32.0. The summed E-state index contributed by atoms with van der Waals surface area (Å²) in [5.41, 5.74) is 0. The molecule has 0 aromatic heterocycles. The van der Waals surface area contributed by atoms with Crippen molar-refractivity contribution >= 4 is 11.8 Å². The van der Waals surface area contributed by atoms with E-state index in [0.29, 0.717) is 19.6 Å². The zero-order valence-corrected chi connectivity index (χ0v) is 18.2. The predicted molar refractivity (Wildman–Crippen MR) is 111 cm³/mol. The lowest BCUT2D eigenvalue weighted by Crippen LogP contribution is -2.58. The largest absolute Gasteiger partial charge is 0.389 e. The third kappa shape index (κ3) is 5.15.